The minimum absolute atomic E-state index is 0.000197. The number of anilines is 4. The predicted molar refractivity (Wildman–Crippen MR) is 227 cm³/mol. The van der Waals surface area contributed by atoms with Crippen molar-refractivity contribution in [2.24, 2.45) is 44.4 Å². The number of hydrogen-bond donors (Lipinski definition) is 10. The first-order valence-corrected chi connectivity index (χ1v) is 20.4. The molecule has 1 heterocycles. The number of benzene rings is 2. The maximum absolute atomic E-state index is 14.1. The lowest BCUT2D eigenvalue weighted by atomic mass is 10.1. The second-order valence-corrected chi connectivity index (χ2v) is 14.9. The number of halogens is 5. The SMILES string of the molecule is NCCSc1c(NC(=O)CCCCN=C(N)N)cc(C(F)F)cc1NC(=O)c1cc(C(=O)Nc2cc(C(F)(F)F)cc(NC(=O)CCCCN=C(N)N)c2SCCN)ncn1. The Morgan fingerprint density at radius 2 is 1.05 bits per heavy atom. The van der Waals surface area contributed by atoms with Gasteiger partial charge in [0.2, 0.25) is 11.8 Å². The van der Waals surface area contributed by atoms with Gasteiger partial charge in [0.1, 0.15) is 17.7 Å². The molecule has 0 saturated heterocycles. The Labute approximate surface area is 355 Å². The Hall–Kier alpha value is -5.79. The third-order valence-corrected chi connectivity index (χ3v) is 10.2. The Kier molecular flexibility index (Phi) is 19.9. The van der Waals surface area contributed by atoms with E-state index in [1.54, 1.807) is 0 Å². The molecule has 0 fully saturated rings. The summed E-state index contributed by atoms with van der Waals surface area (Å²) in [6.45, 7) is 0.753. The van der Waals surface area contributed by atoms with Crippen LogP contribution in [0.1, 0.15) is 77.1 Å². The van der Waals surface area contributed by atoms with Crippen molar-refractivity contribution in [1.82, 2.24) is 9.97 Å². The smallest absolute Gasteiger partial charge is 0.370 e. The van der Waals surface area contributed by atoms with Crippen molar-refractivity contribution >= 4 is 81.8 Å². The van der Waals surface area contributed by atoms with E-state index in [9.17, 15) is 41.1 Å². The number of aromatic nitrogens is 2. The van der Waals surface area contributed by atoms with Gasteiger partial charge in [-0.3, -0.25) is 29.2 Å². The number of carbonyl (C=O) groups is 4. The van der Waals surface area contributed by atoms with Crippen molar-refractivity contribution in [2.75, 3.05) is 59.0 Å². The lowest BCUT2D eigenvalue weighted by molar-refractivity contribution is -0.137. The molecule has 0 radical (unpaired) electrons. The van der Waals surface area contributed by atoms with Crippen molar-refractivity contribution < 1.29 is 41.1 Å². The van der Waals surface area contributed by atoms with Gasteiger partial charge in [-0.15, -0.1) is 23.5 Å². The minimum atomic E-state index is -4.91. The van der Waals surface area contributed by atoms with Crippen molar-refractivity contribution in [3.05, 3.63) is 59.2 Å². The molecule has 2 aromatic carbocycles. The van der Waals surface area contributed by atoms with Gasteiger partial charge >= 0.3 is 6.18 Å². The van der Waals surface area contributed by atoms with Gasteiger partial charge in [-0.1, -0.05) is 0 Å². The zero-order valence-electron chi connectivity index (χ0n) is 32.6. The standard InChI is InChI=1S/C36H47F5N14O4S2/c37-31(38)19-13-21(52-27(56)5-1-3-9-48-34(44)45)29(60-11-7-42)22(14-19)54-32(58)25-17-26(51-18-50-25)33(59)55-24-16-20(36(39,40)41)15-23(30(24)61-12-8-43)53-28(57)6-2-4-10-49-35(46)47/h13-18,31H,1-12,42-43H2,(H,52,56)(H,53,57)(H,54,58)(H,55,59)(H4,44,45,48)(H4,46,47,49). The fourth-order valence-corrected chi connectivity index (χ4v) is 6.89. The van der Waals surface area contributed by atoms with Crippen LogP contribution < -0.4 is 55.7 Å². The minimum Gasteiger partial charge on any atom is -0.370 e. The van der Waals surface area contributed by atoms with Crippen molar-refractivity contribution in [3.63, 3.8) is 0 Å². The number of nitrogens with zero attached hydrogens (tertiary/aromatic N) is 4. The van der Waals surface area contributed by atoms with Gasteiger partial charge in [0.25, 0.3) is 18.2 Å². The number of rotatable bonds is 23. The molecule has 25 heteroatoms. The van der Waals surface area contributed by atoms with Crippen LogP contribution in [-0.2, 0) is 15.8 Å². The Morgan fingerprint density at radius 1 is 0.639 bits per heavy atom. The quantitative estimate of drug-likeness (QED) is 0.0213. The first-order chi connectivity index (χ1) is 28.9. The third kappa shape index (κ3) is 16.6. The molecule has 0 aliphatic carbocycles. The fraction of sp³-hybridized carbons (Fsp3) is 0.389. The lowest BCUT2D eigenvalue weighted by Gasteiger charge is -2.19. The van der Waals surface area contributed by atoms with Crippen LogP contribution in [0.2, 0.25) is 0 Å². The molecule has 0 spiro atoms. The monoisotopic (exact) mass is 898 g/mol. The molecule has 0 aliphatic rings. The first kappa shape index (κ1) is 49.6. The molecule has 3 rings (SSSR count). The fourth-order valence-electron chi connectivity index (χ4n) is 5.19. The summed E-state index contributed by atoms with van der Waals surface area (Å²) >= 11 is 2.04. The number of amides is 4. The number of guanidine groups is 2. The first-order valence-electron chi connectivity index (χ1n) is 18.5. The topological polar surface area (TPSA) is 323 Å². The van der Waals surface area contributed by atoms with E-state index in [4.69, 9.17) is 34.4 Å². The molecule has 0 atom stereocenters. The van der Waals surface area contributed by atoms with E-state index in [-0.39, 0.29) is 95.0 Å². The summed E-state index contributed by atoms with van der Waals surface area (Å²) < 4.78 is 70.6. The Balaban J connectivity index is 1.93. The highest BCUT2D eigenvalue weighted by atomic mass is 32.2. The maximum atomic E-state index is 14.1. The number of unbranched alkanes of at least 4 members (excludes halogenated alkanes) is 2. The highest BCUT2D eigenvalue weighted by molar-refractivity contribution is 7.99. The van der Waals surface area contributed by atoms with Crippen LogP contribution in [-0.4, -0.2) is 83.2 Å². The molecule has 18 nitrogen and oxygen atoms in total. The van der Waals surface area contributed by atoms with Crippen molar-refractivity contribution in [1.29, 1.82) is 0 Å². The number of hydrogen-bond acceptors (Lipinski definition) is 12. The average Bonchev–Trinajstić information content (AvgIpc) is 3.19. The molecule has 1 aromatic heterocycles. The van der Waals surface area contributed by atoms with Crippen LogP contribution in [0.3, 0.4) is 0 Å². The molecule has 332 valence electrons. The highest BCUT2D eigenvalue weighted by Crippen LogP contribution is 2.42. The highest BCUT2D eigenvalue weighted by Gasteiger charge is 2.33. The maximum Gasteiger partial charge on any atom is 0.416 e. The van der Waals surface area contributed by atoms with Gasteiger partial charge in [-0.2, -0.15) is 13.2 Å². The summed E-state index contributed by atoms with van der Waals surface area (Å²) in [5.74, 6) is -2.97. The summed E-state index contributed by atoms with van der Waals surface area (Å²) in [6.07, 6.45) is -5.59. The van der Waals surface area contributed by atoms with E-state index in [0.717, 1.165) is 54.1 Å². The van der Waals surface area contributed by atoms with E-state index in [0.29, 0.717) is 31.7 Å². The van der Waals surface area contributed by atoms with Crippen LogP contribution in [0, 0.1) is 0 Å². The number of aliphatic imine (C=N–C) groups is 2. The number of nitrogens with one attached hydrogen (secondary N) is 4. The molecule has 4 amide bonds. The van der Waals surface area contributed by atoms with Gasteiger partial charge in [0.05, 0.1) is 38.1 Å². The second-order valence-electron chi connectivity index (χ2n) is 12.7. The van der Waals surface area contributed by atoms with Gasteiger partial charge in [-0.05, 0) is 49.9 Å². The van der Waals surface area contributed by atoms with Crippen molar-refractivity contribution in [2.45, 2.75) is 60.9 Å². The van der Waals surface area contributed by atoms with Crippen LogP contribution >= 0.6 is 23.5 Å². The molecule has 0 saturated carbocycles. The largest absolute Gasteiger partial charge is 0.416 e. The summed E-state index contributed by atoms with van der Waals surface area (Å²) in [5, 5.41) is 9.98. The Bertz CT molecular complexity index is 2070. The summed E-state index contributed by atoms with van der Waals surface area (Å²) in [5.41, 5.74) is 29.2. The van der Waals surface area contributed by atoms with Gasteiger partial charge in [0, 0.05) is 62.2 Å². The summed E-state index contributed by atoms with van der Waals surface area (Å²) in [6, 6.07) is 4.43. The van der Waals surface area contributed by atoms with Crippen LogP contribution in [0.25, 0.3) is 0 Å². The molecule has 3 aromatic rings. The average molecular weight is 899 g/mol. The Morgan fingerprint density at radius 3 is 1.44 bits per heavy atom. The van der Waals surface area contributed by atoms with E-state index < -0.39 is 58.7 Å². The third-order valence-electron chi connectivity index (χ3n) is 7.90. The number of alkyl halides is 5. The number of carbonyl (C=O) groups excluding carboxylic acids is 4. The van der Waals surface area contributed by atoms with E-state index >= 15 is 0 Å². The molecular weight excluding hydrogens is 852 g/mol. The van der Waals surface area contributed by atoms with Gasteiger partial charge < -0.3 is 55.7 Å². The van der Waals surface area contributed by atoms with Crippen LogP contribution in [0.15, 0.2) is 56.4 Å². The second kappa shape index (κ2) is 24.5. The summed E-state index contributed by atoms with van der Waals surface area (Å²) in [7, 11) is 0. The van der Waals surface area contributed by atoms with Crippen LogP contribution in [0.5, 0.6) is 0 Å². The molecular formula is C36H47F5N14O4S2. The zero-order valence-corrected chi connectivity index (χ0v) is 34.3. The van der Waals surface area contributed by atoms with Gasteiger partial charge in [0.15, 0.2) is 11.9 Å². The number of thioether (sulfide) groups is 2. The van der Waals surface area contributed by atoms with Gasteiger partial charge in [-0.25, -0.2) is 18.7 Å². The van der Waals surface area contributed by atoms with E-state index in [2.05, 4.69) is 41.2 Å². The zero-order chi connectivity index (χ0) is 45.1. The van der Waals surface area contributed by atoms with E-state index in [1.165, 1.54) is 0 Å². The van der Waals surface area contributed by atoms with Crippen LogP contribution in [0.4, 0.5) is 44.7 Å². The molecule has 0 unspecified atom stereocenters. The number of nitrogens with two attached hydrogens (primary N) is 6. The molecule has 16 N–H and O–H groups in total. The lowest BCUT2D eigenvalue weighted by Crippen LogP contribution is -2.23. The molecule has 61 heavy (non-hydrogen) atoms. The predicted octanol–water partition coefficient (Wildman–Crippen LogP) is 3.80. The molecule has 0 bridgehead atoms. The molecule has 0 aliphatic heterocycles. The van der Waals surface area contributed by atoms with E-state index in [1.807, 2.05) is 0 Å². The normalized spacial score (nSPS) is 11.1. The van der Waals surface area contributed by atoms with Crippen molar-refractivity contribution in [3.8, 4) is 0 Å². The summed E-state index contributed by atoms with van der Waals surface area (Å²) in [4.78, 5) is 68.5.